The largest absolute Gasteiger partial charge is 0.390 e. The number of ether oxygens (including phenoxy) is 1. The van der Waals surface area contributed by atoms with E-state index < -0.39 is 53.9 Å². The summed E-state index contributed by atoms with van der Waals surface area (Å²) in [6.07, 6.45) is -17.1. The van der Waals surface area contributed by atoms with Crippen molar-refractivity contribution in [2.75, 3.05) is 5.73 Å². The summed E-state index contributed by atoms with van der Waals surface area (Å²) in [6.45, 7) is 0. The average Bonchev–Trinajstić information content (AvgIpc) is 2.68. The lowest BCUT2D eigenvalue weighted by molar-refractivity contribution is -0.363. The minimum Gasteiger partial charge on any atom is -0.387 e. The van der Waals surface area contributed by atoms with E-state index in [4.69, 9.17) is 10.8 Å². The minimum atomic E-state index is -5.29. The van der Waals surface area contributed by atoms with Gasteiger partial charge in [-0.05, 0) is 0 Å². The van der Waals surface area contributed by atoms with E-state index in [1.807, 2.05) is 0 Å². The van der Waals surface area contributed by atoms with Crippen LogP contribution in [0.3, 0.4) is 0 Å². The Morgan fingerprint density at radius 1 is 1.43 bits per heavy atom. The summed E-state index contributed by atoms with van der Waals surface area (Å²) in [6, 6.07) is 0. The van der Waals surface area contributed by atoms with Crippen molar-refractivity contribution in [3.05, 3.63) is 22.5 Å². The van der Waals surface area contributed by atoms with Crippen LogP contribution < -0.4 is 11.4 Å². The number of hydrogen-bond acceptors (Lipinski definition) is 7. The van der Waals surface area contributed by atoms with E-state index in [0.29, 0.717) is 0 Å². The molecule has 1 aliphatic rings. The molecule has 0 aliphatic carbocycles. The lowest BCUT2D eigenvalue weighted by atomic mass is 9.94. The van der Waals surface area contributed by atoms with Crippen LogP contribution in [0.5, 0.6) is 0 Å². The van der Waals surface area contributed by atoms with Crippen molar-refractivity contribution in [2.24, 2.45) is 0 Å². The van der Waals surface area contributed by atoms with Crippen molar-refractivity contribution in [3.8, 4) is 0 Å². The highest BCUT2D eigenvalue weighted by molar-refractivity contribution is 5.26. The van der Waals surface area contributed by atoms with Gasteiger partial charge in [0.2, 0.25) is 5.60 Å². The number of hydrogen-bond donors (Lipinski definition) is 4. The Labute approximate surface area is 123 Å². The number of anilines is 1. The standard InChI is InChI=1S/C10H10F5N3O5/c11-2-1-18(8(21)17-5(2)16)6-3(19)4(20)9(23-6,7(12)13)10(14,15)22/h1,3-4,6-7,19-20,22H,(H2,16,17,21)/t3-,4+,6-,9-/m1/s1. The number of nitrogens with two attached hydrogens (primary N) is 1. The molecule has 1 aromatic heterocycles. The first-order valence-electron chi connectivity index (χ1n) is 5.90. The van der Waals surface area contributed by atoms with Gasteiger partial charge < -0.3 is 25.8 Å². The third kappa shape index (κ3) is 2.45. The van der Waals surface area contributed by atoms with E-state index in [1.165, 1.54) is 0 Å². The molecule has 0 spiro atoms. The van der Waals surface area contributed by atoms with Gasteiger partial charge in [-0.1, -0.05) is 0 Å². The lowest BCUT2D eigenvalue weighted by Gasteiger charge is -2.34. The molecule has 1 saturated heterocycles. The monoisotopic (exact) mass is 347 g/mol. The number of alkyl halides is 4. The Morgan fingerprint density at radius 2 is 2.00 bits per heavy atom. The fourth-order valence-corrected chi connectivity index (χ4v) is 2.17. The SMILES string of the molecule is Nc1nc(=O)n([C@@H]2O[C@](C(F)F)(C(O)(F)F)[C@@H](O)[C@H]2O)cc1F. The molecule has 0 amide bonds. The first kappa shape index (κ1) is 17.5. The second-order valence-corrected chi connectivity index (χ2v) is 4.74. The molecule has 5 N–H and O–H groups in total. The van der Waals surface area contributed by atoms with Crippen molar-refractivity contribution in [2.45, 2.75) is 36.6 Å². The van der Waals surface area contributed by atoms with E-state index >= 15 is 0 Å². The van der Waals surface area contributed by atoms with Gasteiger partial charge in [0.05, 0.1) is 6.20 Å². The molecule has 1 aromatic rings. The molecule has 0 bridgehead atoms. The van der Waals surface area contributed by atoms with E-state index in [0.717, 1.165) is 0 Å². The molecule has 0 radical (unpaired) electrons. The van der Waals surface area contributed by atoms with Crippen molar-refractivity contribution < 1.29 is 42.0 Å². The number of halogens is 5. The molecule has 8 nitrogen and oxygen atoms in total. The molecule has 0 unspecified atom stereocenters. The third-order valence-electron chi connectivity index (χ3n) is 3.37. The van der Waals surface area contributed by atoms with Crippen LogP contribution in [0, 0.1) is 5.82 Å². The van der Waals surface area contributed by atoms with Gasteiger partial charge in [0.15, 0.2) is 17.9 Å². The van der Waals surface area contributed by atoms with Crippen molar-refractivity contribution in [3.63, 3.8) is 0 Å². The second kappa shape index (κ2) is 5.36. The average molecular weight is 347 g/mol. The molecule has 13 heteroatoms. The predicted octanol–water partition coefficient (Wildman–Crippen LogP) is -1.20. The molecule has 1 aliphatic heterocycles. The number of aliphatic hydroxyl groups is 3. The Bertz CT molecular complexity index is 665. The van der Waals surface area contributed by atoms with E-state index in [2.05, 4.69) is 9.72 Å². The molecule has 130 valence electrons. The van der Waals surface area contributed by atoms with Gasteiger partial charge in [-0.15, -0.1) is 0 Å². The minimum absolute atomic E-state index is 0.0510. The summed E-state index contributed by atoms with van der Waals surface area (Å²) in [5.74, 6) is -2.20. The fraction of sp³-hybridized carbons (Fsp3) is 0.600. The first-order valence-corrected chi connectivity index (χ1v) is 5.90. The van der Waals surface area contributed by atoms with Gasteiger partial charge in [-0.25, -0.2) is 18.0 Å². The Kier molecular flexibility index (Phi) is 4.09. The topological polar surface area (TPSA) is 131 Å². The van der Waals surface area contributed by atoms with Gasteiger partial charge >= 0.3 is 11.8 Å². The molecular formula is C10H10F5N3O5. The van der Waals surface area contributed by atoms with Crippen LogP contribution in [-0.4, -0.2) is 55.2 Å². The van der Waals surface area contributed by atoms with Gasteiger partial charge in [0, 0.05) is 0 Å². The third-order valence-corrected chi connectivity index (χ3v) is 3.37. The molecule has 2 rings (SSSR count). The highest BCUT2D eigenvalue weighted by Gasteiger charge is 2.73. The molecule has 1 fully saturated rings. The Balaban J connectivity index is 2.56. The van der Waals surface area contributed by atoms with Gasteiger partial charge in [0.1, 0.15) is 12.2 Å². The van der Waals surface area contributed by atoms with E-state index in [-0.39, 0.29) is 10.8 Å². The first-order chi connectivity index (χ1) is 10.4. The molecule has 0 aromatic carbocycles. The Morgan fingerprint density at radius 3 is 2.43 bits per heavy atom. The zero-order chi connectivity index (χ0) is 17.7. The predicted molar refractivity (Wildman–Crippen MR) is 60.9 cm³/mol. The smallest absolute Gasteiger partial charge is 0.387 e. The zero-order valence-corrected chi connectivity index (χ0v) is 10.9. The second-order valence-electron chi connectivity index (χ2n) is 4.74. The molecule has 2 heterocycles. The van der Waals surface area contributed by atoms with Crippen LogP contribution in [0.2, 0.25) is 0 Å². The molecule has 23 heavy (non-hydrogen) atoms. The van der Waals surface area contributed by atoms with Gasteiger partial charge in [-0.3, -0.25) is 4.57 Å². The molecule has 4 atom stereocenters. The Hall–Kier alpha value is -1.83. The van der Waals surface area contributed by atoms with Crippen LogP contribution in [-0.2, 0) is 4.74 Å². The van der Waals surface area contributed by atoms with E-state index in [9.17, 15) is 37.0 Å². The summed E-state index contributed by atoms with van der Waals surface area (Å²) in [7, 11) is 0. The van der Waals surface area contributed by atoms with Crippen LogP contribution in [0.25, 0.3) is 0 Å². The maximum atomic E-state index is 13.3. The van der Waals surface area contributed by atoms with Crippen LogP contribution in [0.4, 0.5) is 27.8 Å². The maximum Gasteiger partial charge on any atom is 0.390 e. The number of aromatic nitrogens is 2. The normalized spacial score (nSPS) is 31.8. The van der Waals surface area contributed by atoms with Crippen LogP contribution >= 0.6 is 0 Å². The van der Waals surface area contributed by atoms with Crippen LogP contribution in [0.15, 0.2) is 11.0 Å². The van der Waals surface area contributed by atoms with Gasteiger partial charge in [-0.2, -0.15) is 13.8 Å². The van der Waals surface area contributed by atoms with Crippen molar-refractivity contribution in [1.29, 1.82) is 0 Å². The number of aliphatic hydroxyl groups excluding tert-OH is 2. The zero-order valence-electron chi connectivity index (χ0n) is 10.9. The summed E-state index contributed by atoms with van der Waals surface area (Å²) in [5, 5.41) is 27.8. The summed E-state index contributed by atoms with van der Waals surface area (Å²) in [5.41, 5.74) is -0.664. The number of nitrogens with zero attached hydrogens (tertiary/aromatic N) is 2. The van der Waals surface area contributed by atoms with Crippen LogP contribution in [0.1, 0.15) is 6.23 Å². The number of nitrogen functional groups attached to an aromatic ring is 1. The lowest BCUT2D eigenvalue weighted by Crippen LogP contribution is -2.61. The highest BCUT2D eigenvalue weighted by atomic mass is 19.3. The van der Waals surface area contributed by atoms with E-state index in [1.54, 1.807) is 0 Å². The van der Waals surface area contributed by atoms with Crippen molar-refractivity contribution in [1.82, 2.24) is 9.55 Å². The molecule has 0 saturated carbocycles. The van der Waals surface area contributed by atoms with Gasteiger partial charge in [0.25, 0.3) is 6.43 Å². The van der Waals surface area contributed by atoms with Crippen molar-refractivity contribution >= 4 is 5.82 Å². The summed E-state index contributed by atoms with van der Waals surface area (Å²) >= 11 is 0. The number of rotatable bonds is 3. The maximum absolute atomic E-state index is 13.3. The fourth-order valence-electron chi connectivity index (χ4n) is 2.17. The summed E-state index contributed by atoms with van der Waals surface area (Å²) < 4.78 is 70.0. The molecular weight excluding hydrogens is 337 g/mol. The highest BCUT2D eigenvalue weighted by Crippen LogP contribution is 2.48. The summed E-state index contributed by atoms with van der Waals surface area (Å²) in [4.78, 5) is 14.5. The quantitative estimate of drug-likeness (QED) is 0.506.